The number of Topliss-reactive ketones (excluding diaryl/α,β-unsaturated/α-hetero) is 1. The van der Waals surface area contributed by atoms with Gasteiger partial charge in [0.1, 0.15) is 5.78 Å². The van der Waals surface area contributed by atoms with Crippen LogP contribution in [0, 0.1) is 5.92 Å². The Labute approximate surface area is 97.0 Å². The molecule has 1 heterocycles. The minimum atomic E-state index is -1.19. The topological polar surface area (TPSA) is 59.9 Å². The Balaban J connectivity index is 1.99. The fraction of sp³-hybridized carbons (Fsp3) is 0.545. The second-order valence-corrected chi connectivity index (χ2v) is 5.42. The van der Waals surface area contributed by atoms with Gasteiger partial charge in [-0.3, -0.25) is 9.00 Å². The molecule has 0 saturated heterocycles. The van der Waals surface area contributed by atoms with Crippen LogP contribution in [-0.2, 0) is 22.0 Å². The quantitative estimate of drug-likeness (QED) is 0.721. The van der Waals surface area contributed by atoms with Gasteiger partial charge in [-0.25, -0.2) is 9.97 Å². The smallest absolute Gasteiger partial charge is 0.218 e. The van der Waals surface area contributed by atoms with E-state index in [1.54, 1.807) is 12.3 Å². The highest BCUT2D eigenvalue weighted by Gasteiger charge is 2.24. The first kappa shape index (κ1) is 11.4. The molecule has 0 amide bonds. The van der Waals surface area contributed by atoms with Crippen LogP contribution in [0.5, 0.6) is 0 Å². The third-order valence-electron chi connectivity index (χ3n) is 2.54. The van der Waals surface area contributed by atoms with Crippen molar-refractivity contribution in [2.24, 2.45) is 5.92 Å². The second-order valence-electron chi connectivity index (χ2n) is 4.15. The van der Waals surface area contributed by atoms with E-state index in [0.717, 1.165) is 0 Å². The molecule has 0 aromatic carbocycles. The average Bonchev–Trinajstić information content (AvgIpc) is 3.01. The monoisotopic (exact) mass is 238 g/mol. The summed E-state index contributed by atoms with van der Waals surface area (Å²) in [7, 11) is -1.19. The van der Waals surface area contributed by atoms with E-state index in [4.69, 9.17) is 0 Å². The number of ketones is 1. The van der Waals surface area contributed by atoms with Crippen LogP contribution in [0.1, 0.15) is 25.0 Å². The molecule has 0 bridgehead atoms. The van der Waals surface area contributed by atoms with Gasteiger partial charge in [-0.05, 0) is 24.8 Å². The van der Waals surface area contributed by atoms with E-state index in [1.165, 1.54) is 19.1 Å². The van der Waals surface area contributed by atoms with Crippen molar-refractivity contribution in [1.82, 2.24) is 9.97 Å². The Bertz CT molecular complexity index is 430. The molecule has 0 aliphatic heterocycles. The highest BCUT2D eigenvalue weighted by atomic mass is 32.2. The van der Waals surface area contributed by atoms with Crippen molar-refractivity contribution in [3.05, 3.63) is 18.0 Å². The van der Waals surface area contributed by atoms with Gasteiger partial charge in [-0.15, -0.1) is 0 Å². The molecule has 1 aliphatic carbocycles. The van der Waals surface area contributed by atoms with Gasteiger partial charge in [0.15, 0.2) is 0 Å². The maximum Gasteiger partial charge on any atom is 0.218 e. The van der Waals surface area contributed by atoms with E-state index in [0.29, 0.717) is 29.6 Å². The Hall–Kier alpha value is -1.10. The maximum atomic E-state index is 11.6. The van der Waals surface area contributed by atoms with Crippen LogP contribution in [0.2, 0.25) is 0 Å². The Morgan fingerprint density at radius 2 is 2.31 bits per heavy atom. The van der Waals surface area contributed by atoms with E-state index in [9.17, 15) is 9.00 Å². The first-order chi connectivity index (χ1) is 7.65. The highest BCUT2D eigenvalue weighted by molar-refractivity contribution is 7.84. The average molecular weight is 238 g/mol. The number of aromatic nitrogens is 2. The Morgan fingerprint density at radius 3 is 2.94 bits per heavy atom. The van der Waals surface area contributed by atoms with Crippen molar-refractivity contribution in [3.8, 4) is 0 Å². The minimum Gasteiger partial charge on any atom is -0.299 e. The fourth-order valence-corrected chi connectivity index (χ4v) is 1.99. The molecule has 0 N–H and O–H groups in total. The van der Waals surface area contributed by atoms with Gasteiger partial charge in [-0.2, -0.15) is 0 Å². The van der Waals surface area contributed by atoms with E-state index in [1.807, 2.05) is 0 Å². The van der Waals surface area contributed by atoms with E-state index < -0.39 is 10.8 Å². The van der Waals surface area contributed by atoms with Crippen LogP contribution in [-0.4, -0.2) is 26.2 Å². The molecule has 0 radical (unpaired) electrons. The molecule has 1 fully saturated rings. The molecule has 1 aromatic rings. The van der Waals surface area contributed by atoms with Crippen molar-refractivity contribution in [2.45, 2.75) is 30.8 Å². The van der Waals surface area contributed by atoms with Crippen molar-refractivity contribution in [2.75, 3.05) is 6.26 Å². The van der Waals surface area contributed by atoms with Crippen molar-refractivity contribution in [3.63, 3.8) is 0 Å². The minimum absolute atomic E-state index is 0.217. The molecule has 0 spiro atoms. The lowest BCUT2D eigenvalue weighted by atomic mass is 10.1. The first-order valence-corrected chi connectivity index (χ1v) is 6.88. The Morgan fingerprint density at radius 1 is 1.56 bits per heavy atom. The van der Waals surface area contributed by atoms with Crippen LogP contribution < -0.4 is 0 Å². The van der Waals surface area contributed by atoms with Crippen LogP contribution >= 0.6 is 0 Å². The number of carbonyl (C=O) groups is 1. The van der Waals surface area contributed by atoms with Crippen molar-refractivity contribution in [1.29, 1.82) is 0 Å². The molecule has 16 heavy (non-hydrogen) atoms. The standard InChI is InChI=1S/C11H14N2O2S/c1-16(15)11-12-5-4-9(13-11)7-10(14)6-8-2-3-8/h4-5,8H,2-3,6-7H2,1H3/t16-/m1/s1. The molecular formula is C11H14N2O2S. The molecule has 2 rings (SSSR count). The highest BCUT2D eigenvalue weighted by Crippen LogP contribution is 2.32. The number of carbonyl (C=O) groups excluding carboxylic acids is 1. The van der Waals surface area contributed by atoms with Crippen LogP contribution in [0.15, 0.2) is 17.4 Å². The van der Waals surface area contributed by atoms with E-state index in [2.05, 4.69) is 9.97 Å². The zero-order chi connectivity index (χ0) is 11.5. The lowest BCUT2D eigenvalue weighted by Gasteiger charge is -2.01. The number of hydrogen-bond acceptors (Lipinski definition) is 4. The van der Waals surface area contributed by atoms with Crippen LogP contribution in [0.4, 0.5) is 0 Å². The van der Waals surface area contributed by atoms with Gasteiger partial charge < -0.3 is 0 Å². The van der Waals surface area contributed by atoms with Gasteiger partial charge in [0.25, 0.3) is 0 Å². The number of rotatable bonds is 5. The van der Waals surface area contributed by atoms with Crippen molar-refractivity contribution < 1.29 is 9.00 Å². The van der Waals surface area contributed by atoms with Gasteiger partial charge in [0, 0.05) is 25.3 Å². The molecule has 4 nitrogen and oxygen atoms in total. The molecular weight excluding hydrogens is 224 g/mol. The normalized spacial score (nSPS) is 17.1. The third kappa shape index (κ3) is 3.20. The van der Waals surface area contributed by atoms with Gasteiger partial charge in [-0.1, -0.05) is 0 Å². The summed E-state index contributed by atoms with van der Waals surface area (Å²) < 4.78 is 11.2. The van der Waals surface area contributed by atoms with Crippen molar-refractivity contribution >= 4 is 16.6 Å². The molecule has 5 heteroatoms. The molecule has 1 atom stereocenters. The fourth-order valence-electron chi connectivity index (χ4n) is 1.53. The van der Waals surface area contributed by atoms with E-state index >= 15 is 0 Å². The predicted octanol–water partition coefficient (Wildman–Crippen LogP) is 1.13. The SMILES string of the molecule is C[S@@](=O)c1nccc(CC(=O)CC2CC2)n1. The van der Waals surface area contributed by atoms with Gasteiger partial charge >= 0.3 is 0 Å². The maximum absolute atomic E-state index is 11.6. The summed E-state index contributed by atoms with van der Waals surface area (Å²) >= 11 is 0. The molecule has 1 saturated carbocycles. The summed E-state index contributed by atoms with van der Waals surface area (Å²) in [6.07, 6.45) is 6.45. The van der Waals surface area contributed by atoms with Crippen LogP contribution in [0.25, 0.3) is 0 Å². The van der Waals surface area contributed by atoms with Gasteiger partial charge in [0.05, 0.1) is 16.5 Å². The number of nitrogens with zero attached hydrogens (tertiary/aromatic N) is 2. The third-order valence-corrected chi connectivity index (χ3v) is 3.25. The molecule has 0 unspecified atom stereocenters. The summed E-state index contributed by atoms with van der Waals surface area (Å²) in [6.45, 7) is 0. The first-order valence-electron chi connectivity index (χ1n) is 5.32. The zero-order valence-electron chi connectivity index (χ0n) is 9.18. The summed E-state index contributed by atoms with van der Waals surface area (Å²) in [5, 5.41) is 0.303. The number of hydrogen-bond donors (Lipinski definition) is 0. The molecule has 1 aromatic heterocycles. The van der Waals surface area contributed by atoms with E-state index in [-0.39, 0.29) is 5.78 Å². The lowest BCUT2D eigenvalue weighted by Crippen LogP contribution is -2.07. The second kappa shape index (κ2) is 4.82. The lowest BCUT2D eigenvalue weighted by molar-refractivity contribution is -0.118. The zero-order valence-corrected chi connectivity index (χ0v) is 10.00. The summed E-state index contributed by atoms with van der Waals surface area (Å²) in [4.78, 5) is 19.6. The summed E-state index contributed by atoms with van der Waals surface area (Å²) in [5.74, 6) is 0.822. The largest absolute Gasteiger partial charge is 0.299 e. The summed E-state index contributed by atoms with van der Waals surface area (Å²) in [5.41, 5.74) is 0.672. The predicted molar refractivity (Wildman–Crippen MR) is 60.4 cm³/mol. The van der Waals surface area contributed by atoms with Gasteiger partial charge in [0.2, 0.25) is 5.16 Å². The Kier molecular flexibility index (Phi) is 3.43. The summed E-state index contributed by atoms with van der Waals surface area (Å²) in [6, 6.07) is 1.71. The van der Waals surface area contributed by atoms with Crippen LogP contribution in [0.3, 0.4) is 0 Å². The molecule has 86 valence electrons. The molecule has 1 aliphatic rings.